The van der Waals surface area contributed by atoms with Crippen molar-refractivity contribution in [1.29, 1.82) is 0 Å². The standard InChI is InChI=1S/C22H22O4S/c1-25-19-10-5-9-17(15-18(22(23)24)20-11-6-14-27-20)21(19)26-13-12-16-7-3-2-4-8-16/h2-11,14,18H,12-13,15H2,1H3,(H,23,24). The van der Waals surface area contributed by atoms with Gasteiger partial charge in [0.15, 0.2) is 11.5 Å². The summed E-state index contributed by atoms with van der Waals surface area (Å²) in [4.78, 5) is 12.6. The summed E-state index contributed by atoms with van der Waals surface area (Å²) in [7, 11) is 1.59. The number of carboxylic acid groups (broad SMARTS) is 1. The summed E-state index contributed by atoms with van der Waals surface area (Å²) in [5.74, 6) is -0.196. The van der Waals surface area contributed by atoms with Crippen molar-refractivity contribution in [1.82, 2.24) is 0 Å². The topological polar surface area (TPSA) is 55.8 Å². The lowest BCUT2D eigenvalue weighted by atomic mass is 9.97. The molecule has 1 atom stereocenters. The van der Waals surface area contributed by atoms with Crippen LogP contribution in [0.5, 0.6) is 11.5 Å². The number of hydrogen-bond donors (Lipinski definition) is 1. The fourth-order valence-corrected chi connectivity index (χ4v) is 3.80. The molecule has 0 saturated carbocycles. The number of methoxy groups -OCH3 is 1. The molecule has 0 saturated heterocycles. The van der Waals surface area contributed by atoms with Crippen LogP contribution in [0.15, 0.2) is 66.0 Å². The maximum Gasteiger partial charge on any atom is 0.312 e. The number of para-hydroxylation sites is 1. The molecule has 0 aliphatic carbocycles. The fraction of sp³-hybridized carbons (Fsp3) is 0.227. The SMILES string of the molecule is COc1cccc(CC(C(=O)O)c2cccs2)c1OCCc1ccccc1. The Balaban J connectivity index is 1.79. The molecule has 27 heavy (non-hydrogen) atoms. The minimum Gasteiger partial charge on any atom is -0.493 e. The Morgan fingerprint density at radius 1 is 1.07 bits per heavy atom. The van der Waals surface area contributed by atoms with E-state index in [4.69, 9.17) is 9.47 Å². The summed E-state index contributed by atoms with van der Waals surface area (Å²) in [6, 6.07) is 19.5. The Labute approximate surface area is 163 Å². The second kappa shape index (κ2) is 9.24. The summed E-state index contributed by atoms with van der Waals surface area (Å²) in [5.41, 5.74) is 2.03. The zero-order valence-corrected chi connectivity index (χ0v) is 15.9. The van der Waals surface area contributed by atoms with Crippen LogP contribution >= 0.6 is 11.3 Å². The van der Waals surface area contributed by atoms with Gasteiger partial charge in [-0.1, -0.05) is 48.5 Å². The van der Waals surface area contributed by atoms with Crippen LogP contribution in [-0.4, -0.2) is 24.8 Å². The largest absolute Gasteiger partial charge is 0.493 e. The average molecular weight is 382 g/mol. The predicted molar refractivity (Wildman–Crippen MR) is 107 cm³/mol. The summed E-state index contributed by atoms with van der Waals surface area (Å²) in [6.45, 7) is 0.494. The second-order valence-corrected chi connectivity index (χ2v) is 7.12. The van der Waals surface area contributed by atoms with E-state index < -0.39 is 11.9 Å². The zero-order chi connectivity index (χ0) is 19.1. The third-order valence-corrected chi connectivity index (χ3v) is 5.36. The number of hydrogen-bond acceptors (Lipinski definition) is 4. The van der Waals surface area contributed by atoms with E-state index in [0.717, 1.165) is 16.9 Å². The van der Waals surface area contributed by atoms with Crippen LogP contribution in [0.3, 0.4) is 0 Å². The lowest BCUT2D eigenvalue weighted by molar-refractivity contribution is -0.138. The van der Waals surface area contributed by atoms with Gasteiger partial charge in [-0.05, 0) is 35.1 Å². The van der Waals surface area contributed by atoms with Crippen molar-refractivity contribution >= 4 is 17.3 Å². The van der Waals surface area contributed by atoms with Crippen LogP contribution in [0.1, 0.15) is 21.9 Å². The maximum atomic E-state index is 11.8. The summed E-state index contributed by atoms with van der Waals surface area (Å²) < 4.78 is 11.5. The summed E-state index contributed by atoms with van der Waals surface area (Å²) in [6.07, 6.45) is 1.12. The first-order valence-corrected chi connectivity index (χ1v) is 9.66. The molecule has 1 unspecified atom stereocenters. The van der Waals surface area contributed by atoms with Gasteiger partial charge in [0.25, 0.3) is 0 Å². The zero-order valence-electron chi connectivity index (χ0n) is 15.1. The Hall–Kier alpha value is -2.79. The van der Waals surface area contributed by atoms with Crippen LogP contribution in [0.4, 0.5) is 0 Å². The van der Waals surface area contributed by atoms with E-state index in [1.807, 2.05) is 53.9 Å². The molecule has 2 aromatic carbocycles. The van der Waals surface area contributed by atoms with Crippen molar-refractivity contribution in [3.63, 3.8) is 0 Å². The average Bonchev–Trinajstić information content (AvgIpc) is 3.21. The highest BCUT2D eigenvalue weighted by Gasteiger charge is 2.24. The Morgan fingerprint density at radius 3 is 2.56 bits per heavy atom. The second-order valence-electron chi connectivity index (χ2n) is 6.14. The summed E-state index contributed by atoms with van der Waals surface area (Å²) >= 11 is 1.46. The molecule has 0 radical (unpaired) electrons. The van der Waals surface area contributed by atoms with Crippen LogP contribution in [0.2, 0.25) is 0 Å². The third-order valence-electron chi connectivity index (χ3n) is 4.37. The van der Waals surface area contributed by atoms with Gasteiger partial charge in [0, 0.05) is 11.3 Å². The number of aliphatic carboxylic acids is 1. The molecule has 0 aliphatic heterocycles. The first-order chi connectivity index (χ1) is 13.2. The van der Waals surface area contributed by atoms with Crippen LogP contribution in [0, 0.1) is 0 Å². The number of rotatable bonds is 9. The molecule has 5 heteroatoms. The monoisotopic (exact) mass is 382 g/mol. The van der Waals surface area contributed by atoms with Gasteiger partial charge in [-0.3, -0.25) is 4.79 Å². The highest BCUT2D eigenvalue weighted by Crippen LogP contribution is 2.35. The predicted octanol–water partition coefficient (Wildman–Crippen LogP) is 4.79. The molecule has 0 bridgehead atoms. The van der Waals surface area contributed by atoms with Crippen molar-refractivity contribution in [2.24, 2.45) is 0 Å². The van der Waals surface area contributed by atoms with Gasteiger partial charge in [-0.25, -0.2) is 0 Å². The van der Waals surface area contributed by atoms with Gasteiger partial charge < -0.3 is 14.6 Å². The third kappa shape index (κ3) is 4.89. The number of carbonyl (C=O) groups is 1. The molecule has 0 spiro atoms. The van der Waals surface area contributed by atoms with E-state index in [2.05, 4.69) is 12.1 Å². The maximum absolute atomic E-state index is 11.8. The molecular formula is C22H22O4S. The molecule has 0 fully saturated rings. The highest BCUT2D eigenvalue weighted by molar-refractivity contribution is 7.10. The minimum atomic E-state index is -0.837. The van der Waals surface area contributed by atoms with Gasteiger partial charge in [0.05, 0.1) is 19.6 Å². The molecule has 0 aliphatic rings. The van der Waals surface area contributed by atoms with E-state index in [1.165, 1.54) is 16.9 Å². The number of benzene rings is 2. The molecule has 140 valence electrons. The quantitative estimate of drug-likeness (QED) is 0.578. The van der Waals surface area contributed by atoms with E-state index in [0.29, 0.717) is 24.5 Å². The molecule has 1 N–H and O–H groups in total. The van der Waals surface area contributed by atoms with E-state index in [9.17, 15) is 9.90 Å². The lowest BCUT2D eigenvalue weighted by Gasteiger charge is -2.17. The number of thiophene rings is 1. The first-order valence-electron chi connectivity index (χ1n) is 8.78. The number of ether oxygens (including phenoxy) is 2. The fourth-order valence-electron chi connectivity index (χ4n) is 2.98. The van der Waals surface area contributed by atoms with Crippen LogP contribution in [-0.2, 0) is 17.6 Å². The molecule has 0 amide bonds. The number of carboxylic acids is 1. The van der Waals surface area contributed by atoms with Crippen molar-refractivity contribution in [3.05, 3.63) is 82.0 Å². The Morgan fingerprint density at radius 2 is 1.89 bits per heavy atom. The van der Waals surface area contributed by atoms with Crippen LogP contribution < -0.4 is 9.47 Å². The van der Waals surface area contributed by atoms with Gasteiger partial charge in [-0.2, -0.15) is 0 Å². The van der Waals surface area contributed by atoms with E-state index in [1.54, 1.807) is 7.11 Å². The van der Waals surface area contributed by atoms with Gasteiger partial charge in [0.2, 0.25) is 0 Å². The van der Waals surface area contributed by atoms with Crippen molar-refractivity contribution in [3.8, 4) is 11.5 Å². The molecule has 3 rings (SSSR count). The Kier molecular flexibility index (Phi) is 6.49. The molecule has 1 aromatic heterocycles. The van der Waals surface area contributed by atoms with Crippen molar-refractivity contribution in [2.75, 3.05) is 13.7 Å². The minimum absolute atomic E-state index is 0.355. The van der Waals surface area contributed by atoms with Crippen molar-refractivity contribution in [2.45, 2.75) is 18.8 Å². The smallest absolute Gasteiger partial charge is 0.312 e. The molecular weight excluding hydrogens is 360 g/mol. The Bertz CT molecular complexity index is 859. The van der Waals surface area contributed by atoms with E-state index in [-0.39, 0.29) is 0 Å². The molecule has 3 aromatic rings. The highest BCUT2D eigenvalue weighted by atomic mass is 32.1. The summed E-state index contributed by atoms with van der Waals surface area (Å²) in [5, 5.41) is 11.6. The van der Waals surface area contributed by atoms with E-state index >= 15 is 0 Å². The molecule has 4 nitrogen and oxygen atoms in total. The molecule has 1 heterocycles. The lowest BCUT2D eigenvalue weighted by Crippen LogP contribution is -2.14. The van der Waals surface area contributed by atoms with Gasteiger partial charge in [-0.15, -0.1) is 11.3 Å². The van der Waals surface area contributed by atoms with Gasteiger partial charge >= 0.3 is 5.97 Å². The normalized spacial score (nSPS) is 11.7. The van der Waals surface area contributed by atoms with Gasteiger partial charge in [0.1, 0.15) is 0 Å². The first kappa shape index (κ1) is 19.0. The van der Waals surface area contributed by atoms with Crippen LogP contribution in [0.25, 0.3) is 0 Å². The van der Waals surface area contributed by atoms with Crippen molar-refractivity contribution < 1.29 is 19.4 Å².